The summed E-state index contributed by atoms with van der Waals surface area (Å²) >= 11 is 0. The van der Waals surface area contributed by atoms with Gasteiger partial charge in [-0.25, -0.2) is 0 Å². The fourth-order valence-corrected chi connectivity index (χ4v) is 2.72. The predicted octanol–water partition coefficient (Wildman–Crippen LogP) is 3.69. The van der Waals surface area contributed by atoms with E-state index in [0.29, 0.717) is 5.92 Å². The summed E-state index contributed by atoms with van der Waals surface area (Å²) in [5.41, 5.74) is -0.139. The molecule has 0 spiro atoms. The number of carbonyl (C=O) groups excluding carboxylic acids is 1. The van der Waals surface area contributed by atoms with Gasteiger partial charge in [-0.2, -0.15) is 0 Å². The Morgan fingerprint density at radius 3 is 2.73 bits per heavy atom. The highest BCUT2D eigenvalue weighted by Gasteiger charge is 2.40. The number of carbonyl (C=O) groups is 1. The van der Waals surface area contributed by atoms with Gasteiger partial charge in [0.2, 0.25) is 0 Å². The molecular weight excluding hydrogens is 188 g/mol. The van der Waals surface area contributed by atoms with Crippen LogP contribution in [0.4, 0.5) is 0 Å². The lowest BCUT2D eigenvalue weighted by Crippen LogP contribution is -2.43. The van der Waals surface area contributed by atoms with Gasteiger partial charge in [0.05, 0.1) is 0 Å². The van der Waals surface area contributed by atoms with Gasteiger partial charge in [-0.05, 0) is 38.0 Å². The zero-order valence-corrected chi connectivity index (χ0v) is 10.3. The number of esters is 1. The van der Waals surface area contributed by atoms with Crippen molar-refractivity contribution in [3.8, 4) is 0 Å². The van der Waals surface area contributed by atoms with E-state index in [1.54, 1.807) is 0 Å². The van der Waals surface area contributed by atoms with Gasteiger partial charge in [0, 0.05) is 6.92 Å². The third-order valence-electron chi connectivity index (χ3n) is 3.69. The minimum atomic E-state index is -0.139. The van der Waals surface area contributed by atoms with Crippen LogP contribution in [0, 0.1) is 5.92 Å². The first-order valence-corrected chi connectivity index (χ1v) is 6.30. The Balaban J connectivity index is 2.68. The first kappa shape index (κ1) is 12.5. The van der Waals surface area contributed by atoms with E-state index in [1.165, 1.54) is 32.6 Å². The van der Waals surface area contributed by atoms with Crippen molar-refractivity contribution in [2.75, 3.05) is 0 Å². The molecule has 1 fully saturated rings. The van der Waals surface area contributed by atoms with Crippen LogP contribution >= 0.6 is 0 Å². The smallest absolute Gasteiger partial charge is 0.303 e. The first-order chi connectivity index (χ1) is 7.10. The Morgan fingerprint density at radius 1 is 1.47 bits per heavy atom. The lowest BCUT2D eigenvalue weighted by atomic mass is 9.73. The number of unbranched alkanes of at least 4 members (excludes halogenated alkanes) is 1. The summed E-state index contributed by atoms with van der Waals surface area (Å²) in [4.78, 5) is 11.2. The Bertz CT molecular complexity index is 213. The summed E-state index contributed by atoms with van der Waals surface area (Å²) in [7, 11) is 0. The molecule has 0 aromatic rings. The number of rotatable bonds is 4. The van der Waals surface area contributed by atoms with E-state index >= 15 is 0 Å². The van der Waals surface area contributed by atoms with Gasteiger partial charge in [0.1, 0.15) is 5.60 Å². The maximum atomic E-state index is 11.2. The molecule has 0 saturated heterocycles. The first-order valence-electron chi connectivity index (χ1n) is 6.30. The van der Waals surface area contributed by atoms with Crippen molar-refractivity contribution in [2.24, 2.45) is 5.92 Å². The molecular formula is C13H24O2. The number of hydrogen-bond acceptors (Lipinski definition) is 2. The van der Waals surface area contributed by atoms with Gasteiger partial charge in [-0.1, -0.05) is 26.7 Å². The SMILES string of the molecule is CCCCC1(OC(C)=O)CCCCC1C. The molecule has 1 aliphatic rings. The highest BCUT2D eigenvalue weighted by Crippen LogP contribution is 2.40. The van der Waals surface area contributed by atoms with E-state index in [9.17, 15) is 4.79 Å². The van der Waals surface area contributed by atoms with E-state index < -0.39 is 0 Å². The molecule has 1 aliphatic carbocycles. The van der Waals surface area contributed by atoms with Crippen LogP contribution in [0.3, 0.4) is 0 Å². The average molecular weight is 212 g/mol. The van der Waals surface area contributed by atoms with Crippen LogP contribution in [0.15, 0.2) is 0 Å². The van der Waals surface area contributed by atoms with Crippen molar-refractivity contribution in [1.82, 2.24) is 0 Å². The third kappa shape index (κ3) is 3.22. The van der Waals surface area contributed by atoms with Gasteiger partial charge in [-0.3, -0.25) is 4.79 Å². The maximum Gasteiger partial charge on any atom is 0.303 e. The van der Waals surface area contributed by atoms with Crippen LogP contribution < -0.4 is 0 Å². The Morgan fingerprint density at radius 2 is 2.20 bits per heavy atom. The van der Waals surface area contributed by atoms with Gasteiger partial charge in [-0.15, -0.1) is 0 Å². The van der Waals surface area contributed by atoms with E-state index in [2.05, 4.69) is 13.8 Å². The normalized spacial score (nSPS) is 31.3. The van der Waals surface area contributed by atoms with Crippen LogP contribution in [0.5, 0.6) is 0 Å². The van der Waals surface area contributed by atoms with E-state index in [-0.39, 0.29) is 11.6 Å². The van der Waals surface area contributed by atoms with Crippen LogP contribution in [-0.4, -0.2) is 11.6 Å². The Kier molecular flexibility index (Phi) is 4.62. The second-order valence-corrected chi connectivity index (χ2v) is 4.91. The van der Waals surface area contributed by atoms with Crippen LogP contribution in [0.25, 0.3) is 0 Å². The second-order valence-electron chi connectivity index (χ2n) is 4.91. The largest absolute Gasteiger partial charge is 0.459 e. The zero-order chi connectivity index (χ0) is 11.3. The van der Waals surface area contributed by atoms with Crippen molar-refractivity contribution in [3.63, 3.8) is 0 Å². The summed E-state index contributed by atoms with van der Waals surface area (Å²) in [5, 5.41) is 0. The molecule has 1 saturated carbocycles. The van der Waals surface area contributed by atoms with E-state index in [4.69, 9.17) is 4.74 Å². The molecule has 0 N–H and O–H groups in total. The zero-order valence-electron chi connectivity index (χ0n) is 10.3. The minimum Gasteiger partial charge on any atom is -0.459 e. The predicted molar refractivity (Wildman–Crippen MR) is 61.7 cm³/mol. The highest BCUT2D eigenvalue weighted by molar-refractivity contribution is 5.66. The number of ether oxygens (including phenoxy) is 1. The van der Waals surface area contributed by atoms with E-state index in [0.717, 1.165) is 19.3 Å². The summed E-state index contributed by atoms with van der Waals surface area (Å²) in [6.45, 7) is 5.96. The molecule has 0 aromatic heterocycles. The lowest BCUT2D eigenvalue weighted by Gasteiger charge is -2.42. The average Bonchev–Trinajstić information content (AvgIpc) is 2.18. The Hall–Kier alpha value is -0.530. The van der Waals surface area contributed by atoms with Crippen LogP contribution in [0.1, 0.15) is 65.7 Å². The Labute approximate surface area is 93.4 Å². The third-order valence-corrected chi connectivity index (χ3v) is 3.69. The summed E-state index contributed by atoms with van der Waals surface area (Å²) in [6, 6.07) is 0. The lowest BCUT2D eigenvalue weighted by molar-refractivity contribution is -0.168. The molecule has 0 heterocycles. The van der Waals surface area contributed by atoms with Gasteiger partial charge >= 0.3 is 5.97 Å². The van der Waals surface area contributed by atoms with Gasteiger partial charge in [0.15, 0.2) is 0 Å². The van der Waals surface area contributed by atoms with Crippen molar-refractivity contribution < 1.29 is 9.53 Å². The van der Waals surface area contributed by atoms with Crippen LogP contribution in [-0.2, 0) is 9.53 Å². The topological polar surface area (TPSA) is 26.3 Å². The molecule has 2 nitrogen and oxygen atoms in total. The molecule has 0 amide bonds. The van der Waals surface area contributed by atoms with Crippen molar-refractivity contribution in [3.05, 3.63) is 0 Å². The standard InChI is InChI=1S/C13H24O2/c1-4-5-9-13(15-12(3)14)10-7-6-8-11(13)2/h11H,4-10H2,1-3H3. The van der Waals surface area contributed by atoms with Crippen molar-refractivity contribution in [2.45, 2.75) is 71.3 Å². The molecule has 0 bridgehead atoms. The number of hydrogen-bond donors (Lipinski definition) is 0. The minimum absolute atomic E-state index is 0.111. The molecule has 2 heteroatoms. The van der Waals surface area contributed by atoms with Crippen molar-refractivity contribution >= 4 is 5.97 Å². The summed E-state index contributed by atoms with van der Waals surface area (Å²) in [5.74, 6) is 0.418. The van der Waals surface area contributed by atoms with Crippen molar-refractivity contribution in [1.29, 1.82) is 0 Å². The second kappa shape index (κ2) is 5.53. The maximum absolute atomic E-state index is 11.2. The molecule has 1 rings (SSSR count). The molecule has 0 radical (unpaired) electrons. The quantitative estimate of drug-likeness (QED) is 0.664. The van der Waals surface area contributed by atoms with Crippen LogP contribution in [0.2, 0.25) is 0 Å². The highest BCUT2D eigenvalue weighted by atomic mass is 16.6. The molecule has 2 unspecified atom stereocenters. The summed E-state index contributed by atoms with van der Waals surface area (Å²) in [6.07, 6.45) is 8.15. The molecule has 2 atom stereocenters. The molecule has 0 aliphatic heterocycles. The fraction of sp³-hybridized carbons (Fsp3) is 0.923. The van der Waals surface area contributed by atoms with Gasteiger partial charge < -0.3 is 4.74 Å². The fourth-order valence-electron chi connectivity index (χ4n) is 2.72. The molecule has 88 valence electrons. The van der Waals surface area contributed by atoms with E-state index in [1.807, 2.05) is 0 Å². The summed E-state index contributed by atoms with van der Waals surface area (Å²) < 4.78 is 5.65. The molecule has 0 aromatic carbocycles. The molecule has 15 heavy (non-hydrogen) atoms. The monoisotopic (exact) mass is 212 g/mol. The van der Waals surface area contributed by atoms with Gasteiger partial charge in [0.25, 0.3) is 0 Å².